The molecule has 1 saturated heterocycles. The molecule has 1 heterocycles. The Bertz CT molecular complexity index is 364. The van der Waals surface area contributed by atoms with E-state index in [0.29, 0.717) is 11.5 Å². The van der Waals surface area contributed by atoms with E-state index in [4.69, 9.17) is 18.9 Å². The SMILES string of the molecule is COCOc1ccc(C2OCCS2)cc1OC. The first-order chi connectivity index (χ1) is 8.35. The third-order valence-electron chi connectivity index (χ3n) is 2.41. The minimum atomic E-state index is 0.111. The van der Waals surface area contributed by atoms with Gasteiger partial charge in [-0.3, -0.25) is 0 Å². The average molecular weight is 256 g/mol. The Morgan fingerprint density at radius 1 is 1.35 bits per heavy atom. The van der Waals surface area contributed by atoms with Crippen molar-refractivity contribution < 1.29 is 18.9 Å². The first-order valence-corrected chi connectivity index (χ1v) is 6.43. The van der Waals surface area contributed by atoms with E-state index in [0.717, 1.165) is 17.9 Å². The Morgan fingerprint density at radius 2 is 2.24 bits per heavy atom. The van der Waals surface area contributed by atoms with Crippen LogP contribution in [-0.4, -0.2) is 33.4 Å². The summed E-state index contributed by atoms with van der Waals surface area (Å²) in [4.78, 5) is 0. The van der Waals surface area contributed by atoms with E-state index in [1.54, 1.807) is 26.0 Å². The summed E-state index contributed by atoms with van der Waals surface area (Å²) >= 11 is 1.80. The lowest BCUT2D eigenvalue weighted by Crippen LogP contribution is -2.02. The zero-order valence-electron chi connectivity index (χ0n) is 9.97. The van der Waals surface area contributed by atoms with Crippen LogP contribution in [0.5, 0.6) is 11.5 Å². The van der Waals surface area contributed by atoms with Crippen LogP contribution in [0.15, 0.2) is 18.2 Å². The summed E-state index contributed by atoms with van der Waals surface area (Å²) in [6.45, 7) is 1.02. The Kier molecular flexibility index (Phi) is 4.53. The number of hydrogen-bond acceptors (Lipinski definition) is 5. The lowest BCUT2D eigenvalue weighted by molar-refractivity contribution is 0.0491. The molecule has 94 valence electrons. The zero-order valence-corrected chi connectivity index (χ0v) is 10.8. The van der Waals surface area contributed by atoms with Crippen LogP contribution >= 0.6 is 11.8 Å². The molecule has 0 radical (unpaired) electrons. The molecule has 17 heavy (non-hydrogen) atoms. The van der Waals surface area contributed by atoms with E-state index in [-0.39, 0.29) is 12.2 Å². The lowest BCUT2D eigenvalue weighted by atomic mass is 10.2. The summed E-state index contributed by atoms with van der Waals surface area (Å²) in [7, 11) is 3.21. The highest BCUT2D eigenvalue weighted by molar-refractivity contribution is 7.99. The molecule has 0 spiro atoms. The van der Waals surface area contributed by atoms with Gasteiger partial charge in [-0.15, -0.1) is 11.8 Å². The van der Waals surface area contributed by atoms with Crippen molar-refractivity contribution in [3.05, 3.63) is 23.8 Å². The van der Waals surface area contributed by atoms with E-state index in [1.807, 2.05) is 18.2 Å². The van der Waals surface area contributed by atoms with Gasteiger partial charge in [0.2, 0.25) is 0 Å². The van der Waals surface area contributed by atoms with Crippen LogP contribution in [0.25, 0.3) is 0 Å². The van der Waals surface area contributed by atoms with Crippen molar-refractivity contribution in [2.24, 2.45) is 0 Å². The molecule has 0 amide bonds. The molecule has 1 fully saturated rings. The molecule has 1 aliphatic heterocycles. The summed E-state index contributed by atoms with van der Waals surface area (Å²) in [6, 6.07) is 5.83. The van der Waals surface area contributed by atoms with Gasteiger partial charge in [-0.05, 0) is 17.7 Å². The molecule has 2 rings (SSSR count). The highest BCUT2D eigenvalue weighted by Crippen LogP contribution is 2.38. The van der Waals surface area contributed by atoms with Gasteiger partial charge in [0, 0.05) is 12.9 Å². The van der Waals surface area contributed by atoms with Crippen molar-refractivity contribution in [2.75, 3.05) is 33.4 Å². The van der Waals surface area contributed by atoms with Crippen LogP contribution in [0.2, 0.25) is 0 Å². The van der Waals surface area contributed by atoms with E-state index >= 15 is 0 Å². The van der Waals surface area contributed by atoms with E-state index in [2.05, 4.69) is 0 Å². The summed E-state index contributed by atoms with van der Waals surface area (Å²) in [6.07, 6.45) is 0. The first kappa shape index (κ1) is 12.5. The normalized spacial score (nSPS) is 19.3. The predicted molar refractivity (Wildman–Crippen MR) is 66.6 cm³/mol. The summed E-state index contributed by atoms with van der Waals surface area (Å²) in [5.74, 6) is 2.42. The number of methoxy groups -OCH3 is 2. The van der Waals surface area contributed by atoms with Crippen LogP contribution in [0, 0.1) is 0 Å². The topological polar surface area (TPSA) is 36.9 Å². The second-order valence-electron chi connectivity index (χ2n) is 3.53. The number of benzene rings is 1. The molecule has 1 unspecified atom stereocenters. The Hall–Kier alpha value is -0.910. The Morgan fingerprint density at radius 3 is 2.88 bits per heavy atom. The number of ether oxygens (including phenoxy) is 4. The predicted octanol–water partition coefficient (Wildman–Crippen LogP) is 2.44. The van der Waals surface area contributed by atoms with Gasteiger partial charge in [0.25, 0.3) is 0 Å². The number of hydrogen-bond donors (Lipinski definition) is 0. The number of thioether (sulfide) groups is 1. The zero-order chi connectivity index (χ0) is 12.1. The largest absolute Gasteiger partial charge is 0.493 e. The molecule has 1 aromatic carbocycles. The van der Waals surface area contributed by atoms with Crippen LogP contribution in [-0.2, 0) is 9.47 Å². The van der Waals surface area contributed by atoms with Crippen molar-refractivity contribution in [1.82, 2.24) is 0 Å². The monoisotopic (exact) mass is 256 g/mol. The molecule has 5 heteroatoms. The van der Waals surface area contributed by atoms with Crippen LogP contribution in [0.1, 0.15) is 11.0 Å². The minimum absolute atomic E-state index is 0.111. The van der Waals surface area contributed by atoms with Gasteiger partial charge in [-0.25, -0.2) is 0 Å². The molecule has 0 saturated carbocycles. The molecule has 1 atom stereocenters. The fourth-order valence-corrected chi connectivity index (χ4v) is 2.56. The first-order valence-electron chi connectivity index (χ1n) is 5.38. The quantitative estimate of drug-likeness (QED) is 0.756. The van der Waals surface area contributed by atoms with Gasteiger partial charge in [-0.2, -0.15) is 0 Å². The summed E-state index contributed by atoms with van der Waals surface area (Å²) in [5, 5.41) is 0. The smallest absolute Gasteiger partial charge is 0.188 e. The molecule has 0 aliphatic carbocycles. The van der Waals surface area contributed by atoms with Gasteiger partial charge in [-0.1, -0.05) is 6.07 Å². The van der Waals surface area contributed by atoms with Crippen molar-refractivity contribution in [1.29, 1.82) is 0 Å². The Labute approximate surface area is 105 Å². The van der Waals surface area contributed by atoms with E-state index < -0.39 is 0 Å². The van der Waals surface area contributed by atoms with Crippen molar-refractivity contribution in [3.63, 3.8) is 0 Å². The molecular formula is C12H16O4S. The molecule has 1 aliphatic rings. The highest BCUT2D eigenvalue weighted by atomic mass is 32.2. The average Bonchev–Trinajstić information content (AvgIpc) is 2.90. The molecule has 0 aromatic heterocycles. The molecule has 0 bridgehead atoms. The fourth-order valence-electron chi connectivity index (χ4n) is 1.62. The van der Waals surface area contributed by atoms with Crippen LogP contribution < -0.4 is 9.47 Å². The third-order valence-corrected chi connectivity index (χ3v) is 3.53. The molecular weight excluding hydrogens is 240 g/mol. The second kappa shape index (κ2) is 6.14. The fraction of sp³-hybridized carbons (Fsp3) is 0.500. The maximum Gasteiger partial charge on any atom is 0.188 e. The lowest BCUT2D eigenvalue weighted by Gasteiger charge is -2.14. The summed E-state index contributed by atoms with van der Waals surface area (Å²) in [5.41, 5.74) is 1.22. The highest BCUT2D eigenvalue weighted by Gasteiger charge is 2.19. The summed E-state index contributed by atoms with van der Waals surface area (Å²) < 4.78 is 21.2. The molecule has 4 nitrogen and oxygen atoms in total. The standard InChI is InChI=1S/C12H16O4S/c1-13-8-16-10-4-3-9(7-11(10)14-2)12-15-5-6-17-12/h3-4,7,12H,5-6,8H2,1-2H3. The second-order valence-corrected chi connectivity index (χ2v) is 4.70. The van der Waals surface area contributed by atoms with Crippen molar-refractivity contribution in [2.45, 2.75) is 5.44 Å². The minimum Gasteiger partial charge on any atom is -0.493 e. The van der Waals surface area contributed by atoms with Crippen LogP contribution in [0.4, 0.5) is 0 Å². The van der Waals surface area contributed by atoms with Crippen molar-refractivity contribution in [3.8, 4) is 11.5 Å². The van der Waals surface area contributed by atoms with Crippen LogP contribution in [0.3, 0.4) is 0 Å². The molecule has 0 N–H and O–H groups in total. The van der Waals surface area contributed by atoms with E-state index in [1.165, 1.54) is 0 Å². The van der Waals surface area contributed by atoms with Gasteiger partial charge < -0.3 is 18.9 Å². The number of rotatable bonds is 5. The van der Waals surface area contributed by atoms with Gasteiger partial charge in [0.05, 0.1) is 13.7 Å². The van der Waals surface area contributed by atoms with Gasteiger partial charge in [0.1, 0.15) is 5.44 Å². The van der Waals surface area contributed by atoms with Gasteiger partial charge in [0.15, 0.2) is 18.3 Å². The molecule has 1 aromatic rings. The van der Waals surface area contributed by atoms with E-state index in [9.17, 15) is 0 Å². The third kappa shape index (κ3) is 3.06. The van der Waals surface area contributed by atoms with Gasteiger partial charge >= 0.3 is 0 Å². The maximum atomic E-state index is 5.60. The maximum absolute atomic E-state index is 5.60. The van der Waals surface area contributed by atoms with Crippen molar-refractivity contribution >= 4 is 11.8 Å². The Balaban J connectivity index is 2.14.